The van der Waals surface area contributed by atoms with Crippen molar-refractivity contribution < 1.29 is 0 Å². The SMILES string of the molecule is Clc1ccc(Cl)c(Cn2cnc(-c3ccc(I)cc3)n2)c1. The Hall–Kier alpha value is -1.11. The summed E-state index contributed by atoms with van der Waals surface area (Å²) in [6.45, 7) is 0.538. The van der Waals surface area contributed by atoms with E-state index in [1.807, 2.05) is 30.3 Å². The second-order valence-corrected chi connectivity index (χ2v) is 6.60. The first kappa shape index (κ1) is 14.8. The van der Waals surface area contributed by atoms with Crippen molar-refractivity contribution in [3.63, 3.8) is 0 Å². The first-order chi connectivity index (χ1) is 10.1. The Bertz CT molecular complexity index is 769. The molecule has 0 aliphatic heterocycles. The molecule has 0 aliphatic carbocycles. The van der Waals surface area contributed by atoms with E-state index in [2.05, 4.69) is 32.7 Å². The largest absolute Gasteiger partial charge is 0.248 e. The van der Waals surface area contributed by atoms with Crippen molar-refractivity contribution in [2.45, 2.75) is 6.54 Å². The van der Waals surface area contributed by atoms with Gasteiger partial charge in [-0.15, -0.1) is 0 Å². The molecule has 6 heteroatoms. The average molecular weight is 430 g/mol. The van der Waals surface area contributed by atoms with Crippen molar-refractivity contribution in [2.75, 3.05) is 0 Å². The van der Waals surface area contributed by atoms with Crippen LogP contribution in [0.15, 0.2) is 48.8 Å². The maximum Gasteiger partial charge on any atom is 0.181 e. The van der Waals surface area contributed by atoms with Gasteiger partial charge < -0.3 is 0 Å². The molecule has 0 fully saturated rings. The third-order valence-corrected chi connectivity index (χ3v) is 4.30. The molecule has 106 valence electrons. The molecule has 21 heavy (non-hydrogen) atoms. The maximum atomic E-state index is 6.17. The number of benzene rings is 2. The van der Waals surface area contributed by atoms with Crippen LogP contribution in [0.2, 0.25) is 10.0 Å². The van der Waals surface area contributed by atoms with E-state index >= 15 is 0 Å². The lowest BCUT2D eigenvalue weighted by Gasteiger charge is -2.04. The maximum absolute atomic E-state index is 6.17. The highest BCUT2D eigenvalue weighted by Gasteiger charge is 2.07. The van der Waals surface area contributed by atoms with Crippen molar-refractivity contribution in [1.29, 1.82) is 0 Å². The fourth-order valence-electron chi connectivity index (χ4n) is 1.94. The minimum Gasteiger partial charge on any atom is -0.248 e. The molecule has 0 atom stereocenters. The van der Waals surface area contributed by atoms with Crippen LogP contribution in [0.5, 0.6) is 0 Å². The topological polar surface area (TPSA) is 30.7 Å². The van der Waals surface area contributed by atoms with E-state index in [4.69, 9.17) is 23.2 Å². The van der Waals surface area contributed by atoms with Gasteiger partial charge in [0.05, 0.1) is 6.54 Å². The molecule has 0 radical (unpaired) electrons. The molecule has 0 amide bonds. The molecule has 0 spiro atoms. The summed E-state index contributed by atoms with van der Waals surface area (Å²) in [6, 6.07) is 13.5. The van der Waals surface area contributed by atoms with Crippen LogP contribution in [0.25, 0.3) is 11.4 Å². The molecule has 3 rings (SSSR count). The summed E-state index contributed by atoms with van der Waals surface area (Å²) < 4.78 is 2.94. The first-order valence-corrected chi connectivity index (χ1v) is 8.04. The third-order valence-electron chi connectivity index (χ3n) is 2.98. The predicted molar refractivity (Wildman–Crippen MR) is 93.7 cm³/mol. The Morgan fingerprint density at radius 2 is 1.81 bits per heavy atom. The van der Waals surface area contributed by atoms with Crippen molar-refractivity contribution >= 4 is 45.8 Å². The molecular formula is C15H10Cl2IN3. The molecule has 0 bridgehead atoms. The van der Waals surface area contributed by atoms with Crippen molar-refractivity contribution in [2.24, 2.45) is 0 Å². The minimum absolute atomic E-state index is 0.538. The molecule has 0 N–H and O–H groups in total. The summed E-state index contributed by atoms with van der Waals surface area (Å²) in [7, 11) is 0. The van der Waals surface area contributed by atoms with Gasteiger partial charge in [-0.05, 0) is 58.5 Å². The zero-order chi connectivity index (χ0) is 14.8. The smallest absolute Gasteiger partial charge is 0.181 e. The summed E-state index contributed by atoms with van der Waals surface area (Å²) in [5.41, 5.74) is 1.91. The van der Waals surface area contributed by atoms with Gasteiger partial charge in [0, 0.05) is 19.2 Å². The van der Waals surface area contributed by atoms with Crippen LogP contribution < -0.4 is 0 Å². The van der Waals surface area contributed by atoms with Gasteiger partial charge in [-0.3, -0.25) is 0 Å². The number of halogens is 3. The van der Waals surface area contributed by atoms with E-state index in [1.165, 1.54) is 3.57 Å². The Balaban J connectivity index is 1.85. The molecule has 1 aromatic heterocycles. The summed E-state index contributed by atoms with van der Waals surface area (Å²) in [6.07, 6.45) is 1.70. The quantitative estimate of drug-likeness (QED) is 0.554. The second-order valence-electron chi connectivity index (χ2n) is 4.51. The molecule has 2 aromatic carbocycles. The van der Waals surface area contributed by atoms with Crippen LogP contribution in [0, 0.1) is 3.57 Å². The van der Waals surface area contributed by atoms with Gasteiger partial charge in [-0.1, -0.05) is 35.3 Å². The highest BCUT2D eigenvalue weighted by Crippen LogP contribution is 2.22. The molecule has 3 aromatic rings. The Labute approximate surface area is 146 Å². The molecule has 0 saturated carbocycles. The minimum atomic E-state index is 0.538. The molecule has 3 nitrogen and oxygen atoms in total. The number of aromatic nitrogens is 3. The van der Waals surface area contributed by atoms with E-state index < -0.39 is 0 Å². The molecule has 0 saturated heterocycles. The van der Waals surface area contributed by atoms with Crippen LogP contribution >= 0.6 is 45.8 Å². The highest BCUT2D eigenvalue weighted by atomic mass is 127. The van der Waals surface area contributed by atoms with Crippen molar-refractivity contribution in [3.8, 4) is 11.4 Å². The standard InChI is InChI=1S/C15H10Cl2IN3/c16-12-3-6-14(17)11(7-12)8-21-9-19-15(20-21)10-1-4-13(18)5-2-10/h1-7,9H,8H2. The fourth-order valence-corrected chi connectivity index (χ4v) is 2.67. The molecular weight excluding hydrogens is 420 g/mol. The summed E-state index contributed by atoms with van der Waals surface area (Å²) in [4.78, 5) is 4.34. The molecule has 1 heterocycles. The van der Waals surface area contributed by atoms with Gasteiger partial charge in [0.1, 0.15) is 6.33 Å². The third kappa shape index (κ3) is 3.56. The lowest BCUT2D eigenvalue weighted by molar-refractivity contribution is 0.687. The second kappa shape index (κ2) is 6.34. The number of nitrogens with zero attached hydrogens (tertiary/aromatic N) is 3. The van der Waals surface area contributed by atoms with Gasteiger partial charge in [0.25, 0.3) is 0 Å². The highest BCUT2D eigenvalue weighted by molar-refractivity contribution is 14.1. The van der Waals surface area contributed by atoms with Gasteiger partial charge in [-0.2, -0.15) is 5.10 Å². The summed E-state index contributed by atoms with van der Waals surface area (Å²) in [5.74, 6) is 0.699. The number of hydrogen-bond donors (Lipinski definition) is 0. The van der Waals surface area contributed by atoms with Crippen LogP contribution in [-0.4, -0.2) is 14.8 Å². The molecule has 0 unspecified atom stereocenters. The number of rotatable bonds is 3. The average Bonchev–Trinajstić information content (AvgIpc) is 2.92. The van der Waals surface area contributed by atoms with E-state index in [-0.39, 0.29) is 0 Å². The summed E-state index contributed by atoms with van der Waals surface area (Å²) in [5, 5.41) is 5.81. The Kier molecular flexibility index (Phi) is 4.47. The van der Waals surface area contributed by atoms with Crippen LogP contribution in [0.3, 0.4) is 0 Å². The van der Waals surface area contributed by atoms with E-state index in [0.717, 1.165) is 11.1 Å². The monoisotopic (exact) mass is 429 g/mol. The van der Waals surface area contributed by atoms with Crippen LogP contribution in [-0.2, 0) is 6.54 Å². The van der Waals surface area contributed by atoms with Gasteiger partial charge in [0.15, 0.2) is 5.82 Å². The van der Waals surface area contributed by atoms with E-state index in [1.54, 1.807) is 23.1 Å². The zero-order valence-corrected chi connectivity index (χ0v) is 14.5. The van der Waals surface area contributed by atoms with Gasteiger partial charge in [0.2, 0.25) is 0 Å². The van der Waals surface area contributed by atoms with Gasteiger partial charge in [-0.25, -0.2) is 9.67 Å². The van der Waals surface area contributed by atoms with Gasteiger partial charge >= 0.3 is 0 Å². The van der Waals surface area contributed by atoms with E-state index in [9.17, 15) is 0 Å². The summed E-state index contributed by atoms with van der Waals surface area (Å²) >= 11 is 14.4. The lowest BCUT2D eigenvalue weighted by atomic mass is 10.2. The first-order valence-electron chi connectivity index (χ1n) is 6.21. The number of hydrogen-bond acceptors (Lipinski definition) is 2. The zero-order valence-electron chi connectivity index (χ0n) is 10.8. The predicted octanol–water partition coefficient (Wildman–Crippen LogP) is 4.90. The van der Waals surface area contributed by atoms with E-state index in [0.29, 0.717) is 22.4 Å². The van der Waals surface area contributed by atoms with Crippen molar-refractivity contribution in [1.82, 2.24) is 14.8 Å². The fraction of sp³-hybridized carbons (Fsp3) is 0.0667. The lowest BCUT2D eigenvalue weighted by Crippen LogP contribution is -2.01. The van der Waals surface area contributed by atoms with Crippen molar-refractivity contribution in [3.05, 3.63) is 68.0 Å². The van der Waals surface area contributed by atoms with Crippen LogP contribution in [0.4, 0.5) is 0 Å². The molecule has 0 aliphatic rings. The Morgan fingerprint density at radius 1 is 1.05 bits per heavy atom. The Morgan fingerprint density at radius 3 is 2.57 bits per heavy atom. The normalized spacial score (nSPS) is 10.8. The van der Waals surface area contributed by atoms with Crippen LogP contribution in [0.1, 0.15) is 5.56 Å².